The normalized spacial score (nSPS) is 15.8. The number of hydrogen-bond donors (Lipinski definition) is 1. The van der Waals surface area contributed by atoms with Crippen molar-refractivity contribution < 1.29 is 4.79 Å². The van der Waals surface area contributed by atoms with Crippen LogP contribution in [0.3, 0.4) is 0 Å². The molecular formula is C23H24BrCl2N3OS. The lowest BCUT2D eigenvalue weighted by molar-refractivity contribution is 0.0913. The molecule has 0 spiro atoms. The van der Waals surface area contributed by atoms with E-state index in [1.807, 2.05) is 24.4 Å². The molecule has 1 aliphatic rings. The molecule has 1 N–H and O–H groups in total. The fourth-order valence-corrected chi connectivity index (χ4v) is 6.30. The van der Waals surface area contributed by atoms with Crippen LogP contribution in [0.4, 0.5) is 0 Å². The van der Waals surface area contributed by atoms with Crippen LogP contribution in [0.25, 0.3) is 16.3 Å². The lowest BCUT2D eigenvalue weighted by atomic mass is 9.84. The molecule has 2 aromatic heterocycles. The second kappa shape index (κ2) is 9.65. The maximum Gasteiger partial charge on any atom is 0.272 e. The first kappa shape index (κ1) is 22.8. The number of rotatable bonds is 5. The number of hydrogen-bond acceptors (Lipinski definition) is 3. The van der Waals surface area contributed by atoms with Crippen molar-refractivity contribution in [1.29, 1.82) is 0 Å². The van der Waals surface area contributed by atoms with E-state index in [1.165, 1.54) is 32.1 Å². The largest absolute Gasteiger partial charge is 0.348 e. The fraction of sp³-hybridized carbons (Fsp3) is 0.391. The van der Waals surface area contributed by atoms with Gasteiger partial charge in [-0.2, -0.15) is 5.10 Å². The summed E-state index contributed by atoms with van der Waals surface area (Å²) in [5.41, 5.74) is 2.80. The van der Waals surface area contributed by atoms with Crippen LogP contribution in [-0.4, -0.2) is 21.7 Å². The molecule has 4 rings (SSSR count). The number of amides is 1. The average molecular weight is 541 g/mol. The van der Waals surface area contributed by atoms with Crippen LogP contribution in [0.15, 0.2) is 34.1 Å². The van der Waals surface area contributed by atoms with Gasteiger partial charge in [-0.3, -0.25) is 4.79 Å². The Bertz CT molecular complexity index is 1100. The lowest BCUT2D eigenvalue weighted by Crippen LogP contribution is -2.39. The van der Waals surface area contributed by atoms with Crippen LogP contribution in [-0.2, 0) is 0 Å². The van der Waals surface area contributed by atoms with Gasteiger partial charge in [0.15, 0.2) is 5.69 Å². The van der Waals surface area contributed by atoms with Crippen molar-refractivity contribution in [2.24, 2.45) is 5.92 Å². The molecule has 8 heteroatoms. The number of nitrogens with zero attached hydrogens (tertiary/aromatic N) is 2. The van der Waals surface area contributed by atoms with Gasteiger partial charge in [0.2, 0.25) is 0 Å². The molecule has 0 bridgehead atoms. The van der Waals surface area contributed by atoms with Crippen molar-refractivity contribution >= 4 is 56.4 Å². The van der Waals surface area contributed by atoms with Crippen molar-refractivity contribution in [2.45, 2.75) is 52.0 Å². The Morgan fingerprint density at radius 1 is 1.26 bits per heavy atom. The van der Waals surface area contributed by atoms with Crippen LogP contribution in [0.5, 0.6) is 0 Å². The van der Waals surface area contributed by atoms with E-state index in [2.05, 4.69) is 28.2 Å². The highest BCUT2D eigenvalue weighted by Crippen LogP contribution is 2.37. The topological polar surface area (TPSA) is 46.9 Å². The SMILES string of the molecule is Cc1c(C(=O)N[C@@H](C)C2CCCCC2)nn(-c2ccc(Cl)cc2Cl)c1-c1cc(Br)cs1. The summed E-state index contributed by atoms with van der Waals surface area (Å²) >= 11 is 17.7. The molecule has 31 heavy (non-hydrogen) atoms. The Morgan fingerprint density at radius 2 is 2.00 bits per heavy atom. The van der Waals surface area contributed by atoms with Gasteiger partial charge in [0.25, 0.3) is 5.91 Å². The zero-order valence-corrected chi connectivity index (χ0v) is 21.3. The second-order valence-electron chi connectivity index (χ2n) is 8.12. The number of benzene rings is 1. The predicted molar refractivity (Wildman–Crippen MR) is 133 cm³/mol. The summed E-state index contributed by atoms with van der Waals surface area (Å²) < 4.78 is 2.74. The average Bonchev–Trinajstić information content (AvgIpc) is 3.31. The Labute approximate surface area is 205 Å². The van der Waals surface area contributed by atoms with E-state index in [9.17, 15) is 4.79 Å². The molecule has 0 saturated heterocycles. The quantitative estimate of drug-likeness (QED) is 0.360. The van der Waals surface area contributed by atoms with Crippen LogP contribution in [0.1, 0.15) is 55.1 Å². The van der Waals surface area contributed by atoms with Crippen LogP contribution >= 0.6 is 50.5 Å². The molecule has 3 aromatic rings. The van der Waals surface area contributed by atoms with E-state index in [-0.39, 0.29) is 11.9 Å². The van der Waals surface area contributed by atoms with Gasteiger partial charge in [-0.15, -0.1) is 11.3 Å². The van der Waals surface area contributed by atoms with Crippen LogP contribution < -0.4 is 5.32 Å². The molecule has 0 unspecified atom stereocenters. The zero-order chi connectivity index (χ0) is 22.1. The van der Waals surface area contributed by atoms with Gasteiger partial charge in [-0.05, 0) is 72.8 Å². The summed E-state index contributed by atoms with van der Waals surface area (Å²) in [5, 5.41) is 11.0. The predicted octanol–water partition coefficient (Wildman–Crippen LogP) is 7.68. The molecule has 0 radical (unpaired) electrons. The molecule has 1 amide bonds. The monoisotopic (exact) mass is 539 g/mol. The van der Waals surface area contributed by atoms with Crippen molar-refractivity contribution in [1.82, 2.24) is 15.1 Å². The second-order valence-corrected chi connectivity index (χ2v) is 10.8. The number of aromatic nitrogens is 2. The van der Waals surface area contributed by atoms with E-state index < -0.39 is 0 Å². The summed E-state index contributed by atoms with van der Waals surface area (Å²) in [5.74, 6) is 0.384. The standard InChI is InChI=1S/C23H24BrCl2N3OS/c1-13-21(23(30)27-14(2)15-6-4-3-5-7-15)28-29(19-9-8-17(25)11-18(19)26)22(13)20-10-16(24)12-31-20/h8-12,14-15H,3-7H2,1-2H3,(H,27,30)/t14-/m0/s1. The highest BCUT2D eigenvalue weighted by atomic mass is 79.9. The third kappa shape index (κ3) is 4.87. The van der Waals surface area contributed by atoms with E-state index >= 15 is 0 Å². The summed E-state index contributed by atoms with van der Waals surface area (Å²) in [6.07, 6.45) is 6.12. The fourth-order valence-electron chi connectivity index (χ4n) is 4.29. The number of thiophene rings is 1. The molecule has 4 nitrogen and oxygen atoms in total. The van der Waals surface area contributed by atoms with Gasteiger partial charge in [-0.1, -0.05) is 42.5 Å². The van der Waals surface area contributed by atoms with E-state index in [0.717, 1.165) is 20.6 Å². The van der Waals surface area contributed by atoms with Gasteiger partial charge < -0.3 is 5.32 Å². The zero-order valence-electron chi connectivity index (χ0n) is 17.4. The number of halogens is 3. The molecule has 0 aliphatic heterocycles. The minimum atomic E-state index is -0.142. The third-order valence-electron chi connectivity index (χ3n) is 5.99. The summed E-state index contributed by atoms with van der Waals surface area (Å²) in [6, 6.07) is 7.44. The number of carbonyl (C=O) groups excluding carboxylic acids is 1. The van der Waals surface area contributed by atoms with Crippen molar-refractivity contribution in [3.8, 4) is 16.3 Å². The Kier molecular flexibility index (Phi) is 7.11. The molecule has 164 valence electrons. The van der Waals surface area contributed by atoms with Crippen LogP contribution in [0, 0.1) is 12.8 Å². The van der Waals surface area contributed by atoms with E-state index in [0.29, 0.717) is 27.3 Å². The Morgan fingerprint density at radius 3 is 2.65 bits per heavy atom. The van der Waals surface area contributed by atoms with Gasteiger partial charge >= 0.3 is 0 Å². The first-order chi connectivity index (χ1) is 14.8. The van der Waals surface area contributed by atoms with Crippen molar-refractivity contribution in [3.05, 3.63) is 55.4 Å². The van der Waals surface area contributed by atoms with E-state index in [4.69, 9.17) is 28.3 Å². The molecule has 1 aliphatic carbocycles. The van der Waals surface area contributed by atoms with Crippen molar-refractivity contribution in [3.63, 3.8) is 0 Å². The van der Waals surface area contributed by atoms with Crippen molar-refractivity contribution in [2.75, 3.05) is 0 Å². The molecule has 1 saturated carbocycles. The summed E-state index contributed by atoms with van der Waals surface area (Å²) in [4.78, 5) is 14.2. The Hall–Kier alpha value is -1.34. The van der Waals surface area contributed by atoms with Gasteiger partial charge in [0.1, 0.15) is 0 Å². The highest BCUT2D eigenvalue weighted by molar-refractivity contribution is 9.10. The molecule has 1 fully saturated rings. The summed E-state index contributed by atoms with van der Waals surface area (Å²) in [6.45, 7) is 4.05. The first-order valence-corrected chi connectivity index (χ1v) is 12.9. The van der Waals surface area contributed by atoms with Gasteiger partial charge in [0, 0.05) is 26.5 Å². The van der Waals surface area contributed by atoms with Gasteiger partial charge in [-0.25, -0.2) is 4.68 Å². The number of nitrogens with one attached hydrogen (secondary N) is 1. The highest BCUT2D eigenvalue weighted by Gasteiger charge is 2.27. The molecule has 1 atom stereocenters. The molecule has 2 heterocycles. The minimum Gasteiger partial charge on any atom is -0.348 e. The van der Waals surface area contributed by atoms with E-state index in [1.54, 1.807) is 28.2 Å². The molecular weight excluding hydrogens is 517 g/mol. The maximum atomic E-state index is 13.2. The smallest absolute Gasteiger partial charge is 0.272 e. The summed E-state index contributed by atoms with van der Waals surface area (Å²) in [7, 11) is 0. The minimum absolute atomic E-state index is 0.121. The maximum absolute atomic E-state index is 13.2. The first-order valence-electron chi connectivity index (χ1n) is 10.5. The third-order valence-corrected chi connectivity index (χ3v) is 8.23. The number of carbonyl (C=O) groups is 1. The Balaban J connectivity index is 1.73. The van der Waals surface area contributed by atoms with Gasteiger partial charge in [0.05, 0.1) is 21.3 Å². The van der Waals surface area contributed by atoms with Crippen LogP contribution in [0.2, 0.25) is 10.0 Å². The molecule has 1 aromatic carbocycles. The lowest BCUT2D eigenvalue weighted by Gasteiger charge is -2.28.